The van der Waals surface area contributed by atoms with Crippen LogP contribution < -0.4 is 10.6 Å². The summed E-state index contributed by atoms with van der Waals surface area (Å²) >= 11 is 0. The first-order valence-corrected chi connectivity index (χ1v) is 6.53. The standard InChI is InChI=1S/C13H17N5O/c1-9(10-6-14-7-10)13(19)15-8-12-17-16-11-4-2-3-5-18(11)12/h2-5,9-10,14H,6-8H2,1H3,(H,15,19). The molecule has 0 aromatic carbocycles. The van der Waals surface area contributed by atoms with E-state index in [1.54, 1.807) is 0 Å². The number of aromatic nitrogens is 3. The molecule has 0 aliphatic carbocycles. The van der Waals surface area contributed by atoms with Crippen LogP contribution >= 0.6 is 0 Å². The van der Waals surface area contributed by atoms with Gasteiger partial charge < -0.3 is 10.6 Å². The number of pyridine rings is 1. The monoisotopic (exact) mass is 259 g/mol. The van der Waals surface area contributed by atoms with Crippen LogP contribution in [-0.2, 0) is 11.3 Å². The van der Waals surface area contributed by atoms with Crippen molar-refractivity contribution in [1.82, 2.24) is 25.2 Å². The van der Waals surface area contributed by atoms with E-state index in [9.17, 15) is 4.79 Å². The van der Waals surface area contributed by atoms with Crippen LogP contribution in [0, 0.1) is 11.8 Å². The third kappa shape index (κ3) is 2.31. The molecule has 3 heterocycles. The maximum atomic E-state index is 12.0. The van der Waals surface area contributed by atoms with Gasteiger partial charge in [-0.2, -0.15) is 0 Å². The number of carbonyl (C=O) groups is 1. The van der Waals surface area contributed by atoms with E-state index in [2.05, 4.69) is 20.8 Å². The van der Waals surface area contributed by atoms with Gasteiger partial charge in [-0.25, -0.2) is 0 Å². The van der Waals surface area contributed by atoms with Crippen LogP contribution in [0.1, 0.15) is 12.7 Å². The molecule has 6 nitrogen and oxygen atoms in total. The van der Waals surface area contributed by atoms with Crippen molar-refractivity contribution >= 4 is 11.6 Å². The van der Waals surface area contributed by atoms with Crippen LogP contribution in [0.4, 0.5) is 0 Å². The Bertz CT molecular complexity index is 589. The van der Waals surface area contributed by atoms with E-state index < -0.39 is 0 Å². The molecule has 1 aliphatic heterocycles. The van der Waals surface area contributed by atoms with E-state index in [0.717, 1.165) is 24.6 Å². The summed E-state index contributed by atoms with van der Waals surface area (Å²) < 4.78 is 1.88. The average Bonchev–Trinajstić information content (AvgIpc) is 2.77. The van der Waals surface area contributed by atoms with Gasteiger partial charge in [0.15, 0.2) is 11.5 Å². The van der Waals surface area contributed by atoms with E-state index in [4.69, 9.17) is 0 Å². The maximum Gasteiger partial charge on any atom is 0.223 e. The largest absolute Gasteiger partial charge is 0.349 e. The molecule has 0 bridgehead atoms. The first kappa shape index (κ1) is 12.1. The predicted octanol–water partition coefficient (Wildman–Crippen LogP) is 0.201. The summed E-state index contributed by atoms with van der Waals surface area (Å²) in [6.45, 7) is 4.25. The summed E-state index contributed by atoms with van der Waals surface area (Å²) in [6, 6.07) is 5.73. The highest BCUT2D eigenvalue weighted by Gasteiger charge is 2.28. The Morgan fingerprint density at radius 3 is 3.11 bits per heavy atom. The predicted molar refractivity (Wildman–Crippen MR) is 70.4 cm³/mol. The number of nitrogens with one attached hydrogen (secondary N) is 2. The smallest absolute Gasteiger partial charge is 0.223 e. The minimum atomic E-state index is 0.0421. The minimum absolute atomic E-state index is 0.0421. The molecule has 2 aromatic heterocycles. The van der Waals surface area contributed by atoms with Crippen LogP contribution in [-0.4, -0.2) is 33.6 Å². The summed E-state index contributed by atoms with van der Waals surface area (Å²) in [5, 5.41) is 14.3. The van der Waals surface area contributed by atoms with Crippen LogP contribution in [0.15, 0.2) is 24.4 Å². The average molecular weight is 259 g/mol. The highest BCUT2D eigenvalue weighted by atomic mass is 16.1. The van der Waals surface area contributed by atoms with Gasteiger partial charge in [0.2, 0.25) is 5.91 Å². The van der Waals surface area contributed by atoms with Gasteiger partial charge in [0.1, 0.15) is 0 Å². The number of carbonyl (C=O) groups excluding carboxylic acids is 1. The highest BCUT2D eigenvalue weighted by Crippen LogP contribution is 2.15. The van der Waals surface area contributed by atoms with Gasteiger partial charge in [0.05, 0.1) is 6.54 Å². The molecule has 1 fully saturated rings. The maximum absolute atomic E-state index is 12.0. The third-order valence-electron chi connectivity index (χ3n) is 3.74. The second kappa shape index (κ2) is 4.97. The van der Waals surface area contributed by atoms with Gasteiger partial charge in [-0.15, -0.1) is 10.2 Å². The Morgan fingerprint density at radius 1 is 1.53 bits per heavy atom. The topological polar surface area (TPSA) is 71.3 Å². The van der Waals surface area contributed by atoms with Gasteiger partial charge in [-0.1, -0.05) is 13.0 Å². The van der Waals surface area contributed by atoms with Crippen molar-refractivity contribution in [3.63, 3.8) is 0 Å². The van der Waals surface area contributed by atoms with Crippen molar-refractivity contribution in [2.45, 2.75) is 13.5 Å². The van der Waals surface area contributed by atoms with Crippen LogP contribution in [0.3, 0.4) is 0 Å². The minimum Gasteiger partial charge on any atom is -0.349 e. The van der Waals surface area contributed by atoms with Gasteiger partial charge >= 0.3 is 0 Å². The van der Waals surface area contributed by atoms with Crippen molar-refractivity contribution in [1.29, 1.82) is 0 Å². The third-order valence-corrected chi connectivity index (χ3v) is 3.74. The fourth-order valence-corrected chi connectivity index (χ4v) is 2.22. The first-order valence-electron chi connectivity index (χ1n) is 6.53. The molecule has 6 heteroatoms. The Labute approximate surface area is 111 Å². The zero-order chi connectivity index (χ0) is 13.2. The Hall–Kier alpha value is -1.95. The lowest BCUT2D eigenvalue weighted by Crippen LogP contribution is -2.49. The van der Waals surface area contributed by atoms with Crippen molar-refractivity contribution in [3.8, 4) is 0 Å². The molecule has 0 spiro atoms. The normalized spacial score (nSPS) is 17.1. The fraction of sp³-hybridized carbons (Fsp3) is 0.462. The molecular weight excluding hydrogens is 242 g/mol. The zero-order valence-corrected chi connectivity index (χ0v) is 10.8. The number of nitrogens with zero attached hydrogens (tertiary/aromatic N) is 3. The van der Waals surface area contributed by atoms with Crippen LogP contribution in [0.5, 0.6) is 0 Å². The Balaban J connectivity index is 1.64. The van der Waals surface area contributed by atoms with Crippen molar-refractivity contribution < 1.29 is 4.79 Å². The SMILES string of the molecule is CC(C(=O)NCc1nnc2ccccn12)C1CNC1. The number of amides is 1. The van der Waals surface area contributed by atoms with E-state index in [0.29, 0.717) is 12.5 Å². The molecule has 1 unspecified atom stereocenters. The molecule has 19 heavy (non-hydrogen) atoms. The van der Waals surface area contributed by atoms with Crippen molar-refractivity contribution in [2.75, 3.05) is 13.1 Å². The lowest BCUT2D eigenvalue weighted by molar-refractivity contribution is -0.126. The van der Waals surface area contributed by atoms with Gasteiger partial charge in [-0.3, -0.25) is 9.20 Å². The molecule has 100 valence electrons. The van der Waals surface area contributed by atoms with Crippen LogP contribution in [0.25, 0.3) is 5.65 Å². The quantitative estimate of drug-likeness (QED) is 0.823. The summed E-state index contributed by atoms with van der Waals surface area (Å²) in [7, 11) is 0. The molecule has 1 amide bonds. The first-order chi connectivity index (χ1) is 9.25. The molecule has 1 aliphatic rings. The van der Waals surface area contributed by atoms with Crippen molar-refractivity contribution in [3.05, 3.63) is 30.2 Å². The Kier molecular flexibility index (Phi) is 3.16. The van der Waals surface area contributed by atoms with Gasteiger partial charge in [0.25, 0.3) is 0 Å². The van der Waals surface area contributed by atoms with Crippen LogP contribution in [0.2, 0.25) is 0 Å². The Morgan fingerprint density at radius 2 is 2.37 bits per heavy atom. The molecule has 0 saturated carbocycles. The number of fused-ring (bicyclic) bond motifs is 1. The second-order valence-corrected chi connectivity index (χ2v) is 4.97. The van der Waals surface area contributed by atoms with E-state index in [1.807, 2.05) is 35.7 Å². The summed E-state index contributed by atoms with van der Waals surface area (Å²) in [5.74, 6) is 1.33. The molecule has 0 radical (unpaired) electrons. The summed E-state index contributed by atoms with van der Waals surface area (Å²) in [6.07, 6.45) is 1.90. The van der Waals surface area contributed by atoms with E-state index in [1.165, 1.54) is 0 Å². The van der Waals surface area contributed by atoms with E-state index in [-0.39, 0.29) is 11.8 Å². The molecular formula is C13H17N5O. The van der Waals surface area contributed by atoms with Crippen molar-refractivity contribution in [2.24, 2.45) is 11.8 Å². The summed E-state index contributed by atoms with van der Waals surface area (Å²) in [4.78, 5) is 12.0. The molecule has 2 aromatic rings. The van der Waals surface area contributed by atoms with Gasteiger partial charge in [-0.05, 0) is 31.1 Å². The molecule has 2 N–H and O–H groups in total. The lowest BCUT2D eigenvalue weighted by Gasteiger charge is -2.31. The fourth-order valence-electron chi connectivity index (χ4n) is 2.22. The molecule has 1 atom stereocenters. The number of hydrogen-bond donors (Lipinski definition) is 2. The van der Waals surface area contributed by atoms with Gasteiger partial charge in [0, 0.05) is 12.1 Å². The number of hydrogen-bond acceptors (Lipinski definition) is 4. The zero-order valence-electron chi connectivity index (χ0n) is 10.8. The van der Waals surface area contributed by atoms with E-state index >= 15 is 0 Å². The molecule has 1 saturated heterocycles. The lowest BCUT2D eigenvalue weighted by atomic mass is 9.88. The number of rotatable bonds is 4. The summed E-state index contributed by atoms with van der Waals surface area (Å²) in [5.41, 5.74) is 0.794. The second-order valence-electron chi connectivity index (χ2n) is 4.97. The molecule has 3 rings (SSSR count). The highest BCUT2D eigenvalue weighted by molar-refractivity contribution is 5.78.